The van der Waals surface area contributed by atoms with Gasteiger partial charge in [0.05, 0.1) is 5.69 Å². The van der Waals surface area contributed by atoms with Gasteiger partial charge in [-0.2, -0.15) is 5.10 Å². The number of rotatable bonds is 6. The monoisotopic (exact) mass is 290 g/mol. The molecule has 2 aliphatic carbocycles. The van der Waals surface area contributed by atoms with Crippen LogP contribution in [0.2, 0.25) is 0 Å². The molecule has 116 valence electrons. The molecule has 2 saturated carbocycles. The molecule has 2 unspecified atom stereocenters. The molecule has 5 heteroatoms. The van der Waals surface area contributed by atoms with Crippen LogP contribution in [0.3, 0.4) is 0 Å². The summed E-state index contributed by atoms with van der Waals surface area (Å²) >= 11 is 0. The molecule has 0 radical (unpaired) electrons. The smallest absolute Gasteiger partial charge is 0.238 e. The zero-order chi connectivity index (χ0) is 15.0. The Morgan fingerprint density at radius 1 is 1.48 bits per heavy atom. The van der Waals surface area contributed by atoms with Crippen LogP contribution >= 0.6 is 0 Å². The molecule has 21 heavy (non-hydrogen) atoms. The average molecular weight is 290 g/mol. The third kappa shape index (κ3) is 2.84. The maximum Gasteiger partial charge on any atom is 0.238 e. The third-order valence-electron chi connectivity index (χ3n) is 5.09. The van der Waals surface area contributed by atoms with Crippen LogP contribution in [-0.4, -0.2) is 27.3 Å². The number of carbonyl (C=O) groups excluding carboxylic acids is 1. The predicted octanol–water partition coefficient (Wildman–Crippen LogP) is 1.67. The van der Waals surface area contributed by atoms with Crippen molar-refractivity contribution in [2.24, 2.45) is 11.7 Å². The molecule has 2 fully saturated rings. The van der Waals surface area contributed by atoms with Crippen LogP contribution in [0.5, 0.6) is 0 Å². The second-order valence-electron chi connectivity index (χ2n) is 6.78. The number of aromatic nitrogens is 2. The number of hydrogen-bond acceptors (Lipinski definition) is 3. The summed E-state index contributed by atoms with van der Waals surface area (Å²) in [5.74, 6) is 0.171. The molecule has 0 spiro atoms. The van der Waals surface area contributed by atoms with Crippen molar-refractivity contribution in [3.8, 4) is 0 Å². The fraction of sp³-hybridized carbons (Fsp3) is 0.750. The van der Waals surface area contributed by atoms with E-state index in [0.29, 0.717) is 12.0 Å². The third-order valence-corrected chi connectivity index (χ3v) is 5.09. The van der Waals surface area contributed by atoms with Crippen molar-refractivity contribution in [1.29, 1.82) is 0 Å². The van der Waals surface area contributed by atoms with Crippen LogP contribution in [0, 0.1) is 19.8 Å². The molecule has 3 rings (SSSR count). The Balaban J connectivity index is 1.70. The van der Waals surface area contributed by atoms with Gasteiger partial charge in [0.15, 0.2) is 0 Å². The van der Waals surface area contributed by atoms with Crippen molar-refractivity contribution < 1.29 is 4.79 Å². The van der Waals surface area contributed by atoms with Crippen molar-refractivity contribution in [3.05, 3.63) is 17.5 Å². The molecular formula is C16H26N4O. The van der Waals surface area contributed by atoms with Gasteiger partial charge in [-0.3, -0.25) is 9.48 Å². The Morgan fingerprint density at radius 2 is 2.24 bits per heavy atom. The Kier molecular flexibility index (Phi) is 3.78. The van der Waals surface area contributed by atoms with Crippen LogP contribution in [0.25, 0.3) is 0 Å². The lowest BCUT2D eigenvalue weighted by Crippen LogP contribution is -2.58. The first-order chi connectivity index (χ1) is 10.0. The summed E-state index contributed by atoms with van der Waals surface area (Å²) < 4.78 is 2.05. The van der Waals surface area contributed by atoms with Crippen LogP contribution in [0.1, 0.15) is 49.9 Å². The number of amides is 1. The molecule has 0 saturated heterocycles. The highest BCUT2D eigenvalue weighted by Crippen LogP contribution is 2.40. The lowest BCUT2D eigenvalue weighted by Gasteiger charge is -2.34. The van der Waals surface area contributed by atoms with E-state index < -0.39 is 5.54 Å². The minimum Gasteiger partial charge on any atom is -0.368 e. The highest BCUT2D eigenvalue weighted by molar-refractivity contribution is 5.85. The Morgan fingerprint density at radius 3 is 2.81 bits per heavy atom. The summed E-state index contributed by atoms with van der Waals surface area (Å²) in [4.78, 5) is 12.1. The molecule has 5 nitrogen and oxygen atoms in total. The number of nitrogens with one attached hydrogen (secondary N) is 1. The van der Waals surface area contributed by atoms with Crippen molar-refractivity contribution in [2.75, 3.05) is 0 Å². The zero-order valence-electron chi connectivity index (χ0n) is 13.1. The Hall–Kier alpha value is -1.36. The Bertz CT molecular complexity index is 534. The number of nitrogens with two attached hydrogens (primary N) is 1. The van der Waals surface area contributed by atoms with Gasteiger partial charge >= 0.3 is 0 Å². The largest absolute Gasteiger partial charge is 0.368 e. The predicted molar refractivity (Wildman–Crippen MR) is 81.7 cm³/mol. The minimum atomic E-state index is -0.475. The van der Waals surface area contributed by atoms with E-state index in [1.165, 1.54) is 18.5 Å². The van der Waals surface area contributed by atoms with E-state index in [4.69, 9.17) is 5.73 Å². The van der Waals surface area contributed by atoms with Gasteiger partial charge in [0.25, 0.3) is 0 Å². The van der Waals surface area contributed by atoms with E-state index in [1.54, 1.807) is 0 Å². The number of nitrogens with zero attached hydrogens (tertiary/aromatic N) is 2. The van der Waals surface area contributed by atoms with Crippen molar-refractivity contribution in [2.45, 2.75) is 70.5 Å². The van der Waals surface area contributed by atoms with Gasteiger partial charge in [0.2, 0.25) is 5.91 Å². The fourth-order valence-electron chi connectivity index (χ4n) is 3.83. The summed E-state index contributed by atoms with van der Waals surface area (Å²) in [7, 11) is 0. The van der Waals surface area contributed by atoms with Gasteiger partial charge in [0.1, 0.15) is 5.54 Å². The summed E-state index contributed by atoms with van der Waals surface area (Å²) in [5, 5.41) is 8.08. The van der Waals surface area contributed by atoms with Crippen molar-refractivity contribution in [1.82, 2.24) is 15.1 Å². The van der Waals surface area contributed by atoms with E-state index in [0.717, 1.165) is 37.9 Å². The van der Waals surface area contributed by atoms with Crippen LogP contribution in [0.4, 0.5) is 0 Å². The van der Waals surface area contributed by atoms with Crippen LogP contribution in [0.15, 0.2) is 6.07 Å². The number of aryl methyl sites for hydroxylation is 3. The molecular weight excluding hydrogens is 264 g/mol. The minimum absolute atomic E-state index is 0.162. The summed E-state index contributed by atoms with van der Waals surface area (Å²) in [6.45, 7) is 4.96. The maximum atomic E-state index is 12.1. The van der Waals surface area contributed by atoms with Crippen molar-refractivity contribution >= 4 is 5.91 Å². The van der Waals surface area contributed by atoms with Gasteiger partial charge in [-0.1, -0.05) is 6.42 Å². The van der Waals surface area contributed by atoms with E-state index in [-0.39, 0.29) is 5.91 Å². The molecule has 0 bridgehead atoms. The van der Waals surface area contributed by atoms with Crippen LogP contribution < -0.4 is 11.1 Å². The highest BCUT2D eigenvalue weighted by atomic mass is 16.1. The van der Waals surface area contributed by atoms with E-state index >= 15 is 0 Å². The van der Waals surface area contributed by atoms with Gasteiger partial charge in [0, 0.05) is 18.3 Å². The first kappa shape index (κ1) is 14.6. The molecule has 2 atom stereocenters. The molecule has 1 aromatic rings. The molecule has 1 aromatic heterocycles. The second-order valence-corrected chi connectivity index (χ2v) is 6.78. The summed E-state index contributed by atoms with van der Waals surface area (Å²) in [6, 6.07) is 2.60. The topological polar surface area (TPSA) is 72.9 Å². The maximum absolute atomic E-state index is 12.1. The number of hydrogen-bond donors (Lipinski definition) is 2. The lowest BCUT2D eigenvalue weighted by atomic mass is 9.83. The molecule has 1 amide bonds. The zero-order valence-corrected chi connectivity index (χ0v) is 13.1. The first-order valence-electron chi connectivity index (χ1n) is 8.10. The molecule has 1 heterocycles. The summed E-state index contributed by atoms with van der Waals surface area (Å²) in [6.07, 6.45) is 6.38. The fourth-order valence-corrected chi connectivity index (χ4v) is 3.83. The van der Waals surface area contributed by atoms with E-state index in [2.05, 4.69) is 28.1 Å². The molecule has 0 aromatic carbocycles. The average Bonchev–Trinajstić information content (AvgIpc) is 3.03. The quantitative estimate of drug-likeness (QED) is 0.837. The molecule has 0 aliphatic heterocycles. The van der Waals surface area contributed by atoms with Gasteiger partial charge in [-0.05, 0) is 57.9 Å². The van der Waals surface area contributed by atoms with Gasteiger partial charge in [-0.15, -0.1) is 0 Å². The SMILES string of the molecule is Cc1cc(C)n(CCC2CCCC2(NC2CC2)C(N)=O)n1. The van der Waals surface area contributed by atoms with Crippen LogP contribution in [-0.2, 0) is 11.3 Å². The number of carbonyl (C=O) groups is 1. The second kappa shape index (κ2) is 5.44. The lowest BCUT2D eigenvalue weighted by molar-refractivity contribution is -0.126. The highest BCUT2D eigenvalue weighted by Gasteiger charge is 2.49. The van der Waals surface area contributed by atoms with Gasteiger partial charge < -0.3 is 11.1 Å². The molecule has 2 aliphatic rings. The number of primary amides is 1. The Labute approximate surface area is 126 Å². The standard InChI is InChI=1S/C16H26N4O/c1-11-10-12(2)20(19-11)9-7-13-4-3-8-16(13,15(17)21)18-14-5-6-14/h10,13-14,18H,3-9H2,1-2H3,(H2,17,21). The summed E-state index contributed by atoms with van der Waals surface area (Å²) in [5.41, 5.74) is 7.54. The van der Waals surface area contributed by atoms with Gasteiger partial charge in [-0.25, -0.2) is 0 Å². The van der Waals surface area contributed by atoms with Crippen molar-refractivity contribution in [3.63, 3.8) is 0 Å². The van der Waals surface area contributed by atoms with E-state index in [1.807, 2.05) is 6.92 Å². The van der Waals surface area contributed by atoms with E-state index in [9.17, 15) is 4.79 Å². The first-order valence-corrected chi connectivity index (χ1v) is 8.10. The molecule has 3 N–H and O–H groups in total. The normalized spacial score (nSPS) is 29.0.